The highest BCUT2D eigenvalue weighted by Crippen LogP contribution is 2.40. The van der Waals surface area contributed by atoms with E-state index in [0.717, 1.165) is 19.5 Å². The van der Waals surface area contributed by atoms with Crippen LogP contribution in [0.15, 0.2) is 47.3 Å². The SMILES string of the molecule is N#Cc1ccc(-c2nc(NC[C@@H]3CCNC3)c(Cl)c(=O)n2-c2ccc(C3CC3)cc2)cc1F. The zero-order chi connectivity index (χ0) is 22.9. The van der Waals surface area contributed by atoms with Crippen LogP contribution in [0.4, 0.5) is 10.2 Å². The highest BCUT2D eigenvalue weighted by atomic mass is 35.5. The topological polar surface area (TPSA) is 82.7 Å². The van der Waals surface area contributed by atoms with Crippen molar-refractivity contribution in [3.63, 3.8) is 0 Å². The van der Waals surface area contributed by atoms with E-state index in [9.17, 15) is 9.18 Å². The summed E-state index contributed by atoms with van der Waals surface area (Å²) in [7, 11) is 0. The zero-order valence-corrected chi connectivity index (χ0v) is 18.7. The number of aromatic nitrogens is 2. The first-order valence-electron chi connectivity index (χ1n) is 11.1. The molecule has 3 aromatic rings. The molecule has 1 saturated carbocycles. The summed E-state index contributed by atoms with van der Waals surface area (Å²) in [5.41, 5.74) is 1.72. The van der Waals surface area contributed by atoms with Gasteiger partial charge in [-0.2, -0.15) is 5.26 Å². The predicted octanol–water partition coefficient (Wildman–Crippen LogP) is 4.46. The zero-order valence-electron chi connectivity index (χ0n) is 17.9. The van der Waals surface area contributed by atoms with Crippen molar-refractivity contribution in [2.45, 2.75) is 25.2 Å². The van der Waals surface area contributed by atoms with Gasteiger partial charge in [0.05, 0.1) is 11.3 Å². The summed E-state index contributed by atoms with van der Waals surface area (Å²) in [5, 5.41) is 15.6. The van der Waals surface area contributed by atoms with Crippen molar-refractivity contribution in [2.24, 2.45) is 5.92 Å². The van der Waals surface area contributed by atoms with Crippen LogP contribution < -0.4 is 16.2 Å². The molecule has 6 nitrogen and oxygen atoms in total. The molecule has 1 atom stereocenters. The highest BCUT2D eigenvalue weighted by Gasteiger charge is 2.24. The van der Waals surface area contributed by atoms with Crippen molar-refractivity contribution < 1.29 is 4.39 Å². The molecular formula is C25H23ClFN5O. The van der Waals surface area contributed by atoms with Gasteiger partial charge in [-0.15, -0.1) is 0 Å². The standard InChI is InChI=1S/C25H23ClFN5O/c26-22-23(30-14-15-9-10-29-13-15)31-24(18-3-4-19(12-28)21(27)11-18)32(25(22)33)20-7-5-17(6-8-20)16-1-2-16/h3-8,11,15-16,29-30H,1-2,9-10,13-14H2/t15-/m1/s1. The van der Waals surface area contributed by atoms with Gasteiger partial charge in [-0.1, -0.05) is 23.7 Å². The fourth-order valence-electron chi connectivity index (χ4n) is 4.24. The summed E-state index contributed by atoms with van der Waals surface area (Å²) in [6.45, 7) is 2.48. The molecule has 2 fully saturated rings. The molecule has 2 aliphatic rings. The highest BCUT2D eigenvalue weighted by molar-refractivity contribution is 6.32. The quantitative estimate of drug-likeness (QED) is 0.564. The second-order valence-electron chi connectivity index (χ2n) is 8.65. The molecule has 33 heavy (non-hydrogen) atoms. The van der Waals surface area contributed by atoms with Gasteiger partial charge in [0.2, 0.25) is 0 Å². The van der Waals surface area contributed by atoms with Gasteiger partial charge in [-0.25, -0.2) is 9.37 Å². The Morgan fingerprint density at radius 3 is 2.64 bits per heavy atom. The Morgan fingerprint density at radius 1 is 1.21 bits per heavy atom. The van der Waals surface area contributed by atoms with Crippen LogP contribution in [0, 0.1) is 23.1 Å². The summed E-state index contributed by atoms with van der Waals surface area (Å²) >= 11 is 6.47. The summed E-state index contributed by atoms with van der Waals surface area (Å²) < 4.78 is 15.9. The molecule has 2 heterocycles. The molecule has 1 saturated heterocycles. The van der Waals surface area contributed by atoms with E-state index in [1.54, 1.807) is 6.07 Å². The fraction of sp³-hybridized carbons (Fsp3) is 0.320. The molecule has 1 aromatic heterocycles. The lowest BCUT2D eigenvalue weighted by Gasteiger charge is -2.18. The average molecular weight is 464 g/mol. The fourth-order valence-corrected chi connectivity index (χ4v) is 4.43. The van der Waals surface area contributed by atoms with Crippen molar-refractivity contribution >= 4 is 17.4 Å². The Bertz CT molecular complexity index is 1290. The Morgan fingerprint density at radius 2 is 2.00 bits per heavy atom. The molecule has 1 aliphatic carbocycles. The molecule has 0 radical (unpaired) electrons. The third-order valence-corrected chi connectivity index (χ3v) is 6.64. The molecule has 168 valence electrons. The van der Waals surface area contributed by atoms with E-state index in [0.29, 0.717) is 29.6 Å². The van der Waals surface area contributed by atoms with Gasteiger partial charge in [0.1, 0.15) is 22.7 Å². The molecule has 0 bridgehead atoms. The second kappa shape index (κ2) is 8.97. The number of nitrogens with zero attached hydrogens (tertiary/aromatic N) is 3. The van der Waals surface area contributed by atoms with Gasteiger partial charge >= 0.3 is 0 Å². The summed E-state index contributed by atoms with van der Waals surface area (Å²) in [4.78, 5) is 18.1. The monoisotopic (exact) mass is 463 g/mol. The van der Waals surface area contributed by atoms with Crippen molar-refractivity contribution in [3.05, 3.63) is 74.8 Å². The lowest BCUT2D eigenvalue weighted by molar-refractivity contribution is 0.614. The molecule has 8 heteroatoms. The molecule has 0 amide bonds. The van der Waals surface area contributed by atoms with Gasteiger partial charge in [0, 0.05) is 12.1 Å². The number of nitriles is 1. The maximum absolute atomic E-state index is 14.5. The maximum Gasteiger partial charge on any atom is 0.279 e. The van der Waals surface area contributed by atoms with E-state index in [-0.39, 0.29) is 22.2 Å². The first-order chi connectivity index (χ1) is 16.0. The van der Waals surface area contributed by atoms with Crippen LogP contribution in [0.25, 0.3) is 17.1 Å². The lowest BCUT2D eigenvalue weighted by Crippen LogP contribution is -2.25. The van der Waals surface area contributed by atoms with Crippen molar-refractivity contribution in [2.75, 3.05) is 25.0 Å². The van der Waals surface area contributed by atoms with Gasteiger partial charge in [-0.3, -0.25) is 9.36 Å². The molecular weight excluding hydrogens is 441 g/mol. The number of anilines is 1. The Balaban J connectivity index is 1.61. The number of hydrogen-bond acceptors (Lipinski definition) is 5. The maximum atomic E-state index is 14.5. The van der Waals surface area contributed by atoms with E-state index in [1.807, 2.05) is 30.3 Å². The Kier molecular flexibility index (Phi) is 5.88. The van der Waals surface area contributed by atoms with Gasteiger partial charge in [0.25, 0.3) is 5.56 Å². The van der Waals surface area contributed by atoms with Crippen LogP contribution in [-0.2, 0) is 0 Å². The van der Waals surface area contributed by atoms with Crippen molar-refractivity contribution in [1.29, 1.82) is 5.26 Å². The van der Waals surface area contributed by atoms with E-state index >= 15 is 0 Å². The van der Waals surface area contributed by atoms with Crippen molar-refractivity contribution in [3.8, 4) is 23.1 Å². The van der Waals surface area contributed by atoms with E-state index in [2.05, 4.69) is 15.6 Å². The van der Waals surface area contributed by atoms with Crippen LogP contribution in [0.3, 0.4) is 0 Å². The number of benzene rings is 2. The molecule has 1 aliphatic heterocycles. The van der Waals surface area contributed by atoms with Crippen LogP contribution in [0.5, 0.6) is 0 Å². The summed E-state index contributed by atoms with van der Waals surface area (Å²) in [5.74, 6) is 0.872. The number of hydrogen-bond donors (Lipinski definition) is 2. The molecule has 0 spiro atoms. The largest absolute Gasteiger partial charge is 0.368 e. The molecule has 2 N–H and O–H groups in total. The number of halogens is 2. The molecule has 2 aromatic carbocycles. The van der Waals surface area contributed by atoms with Crippen LogP contribution >= 0.6 is 11.6 Å². The van der Waals surface area contributed by atoms with Crippen LogP contribution in [-0.4, -0.2) is 29.2 Å². The van der Waals surface area contributed by atoms with Crippen LogP contribution in [0.1, 0.15) is 36.3 Å². The molecule has 5 rings (SSSR count). The third-order valence-electron chi connectivity index (χ3n) is 6.30. The number of rotatable bonds is 6. The Hall–Kier alpha value is -3.21. The average Bonchev–Trinajstić information content (AvgIpc) is 3.55. The van der Waals surface area contributed by atoms with Gasteiger partial charge in [0.15, 0.2) is 5.82 Å². The Labute approximate surface area is 196 Å². The lowest BCUT2D eigenvalue weighted by atomic mass is 10.1. The van der Waals surface area contributed by atoms with Gasteiger partial charge in [-0.05, 0) is 80.1 Å². The first kappa shape index (κ1) is 21.6. The van der Waals surface area contributed by atoms with Crippen molar-refractivity contribution in [1.82, 2.24) is 14.9 Å². The summed E-state index contributed by atoms with van der Waals surface area (Å²) in [6.07, 6.45) is 3.39. The second-order valence-corrected chi connectivity index (χ2v) is 9.03. The van der Waals surface area contributed by atoms with E-state index < -0.39 is 11.4 Å². The van der Waals surface area contributed by atoms with Crippen LogP contribution in [0.2, 0.25) is 5.02 Å². The third kappa shape index (κ3) is 4.37. The first-order valence-corrected chi connectivity index (χ1v) is 11.5. The minimum absolute atomic E-state index is 0.00917. The normalized spacial score (nSPS) is 17.7. The number of nitrogens with one attached hydrogen (secondary N) is 2. The minimum atomic E-state index is -0.665. The molecule has 0 unspecified atom stereocenters. The smallest absolute Gasteiger partial charge is 0.279 e. The van der Waals surface area contributed by atoms with Gasteiger partial charge < -0.3 is 10.6 Å². The van der Waals surface area contributed by atoms with E-state index in [1.165, 1.54) is 35.1 Å². The summed E-state index contributed by atoms with van der Waals surface area (Å²) in [6, 6.07) is 13.8. The predicted molar refractivity (Wildman–Crippen MR) is 126 cm³/mol. The minimum Gasteiger partial charge on any atom is -0.368 e. The van der Waals surface area contributed by atoms with E-state index in [4.69, 9.17) is 16.9 Å².